The second-order valence-electron chi connectivity index (χ2n) is 6.17. The third-order valence-corrected chi connectivity index (χ3v) is 7.90. The van der Waals surface area contributed by atoms with Crippen molar-refractivity contribution >= 4 is 8.32 Å². The second kappa shape index (κ2) is 5.26. The third-order valence-electron chi connectivity index (χ3n) is 3.56. The fourth-order valence-corrected chi connectivity index (χ4v) is 2.36. The summed E-state index contributed by atoms with van der Waals surface area (Å²) >= 11 is 0. The Morgan fingerprint density at radius 2 is 1.88 bits per heavy atom. The van der Waals surface area contributed by atoms with Gasteiger partial charge in [0.15, 0.2) is 0 Å². The zero-order valence-electron chi connectivity index (χ0n) is 12.1. The lowest BCUT2D eigenvalue weighted by molar-refractivity contribution is 0.491. The Morgan fingerprint density at radius 1 is 1.24 bits per heavy atom. The van der Waals surface area contributed by atoms with Crippen LogP contribution in [0, 0.1) is 6.07 Å². The number of benzene rings is 1. The monoisotopic (exact) mass is 249 g/mol. The van der Waals surface area contributed by atoms with Crippen molar-refractivity contribution in [1.29, 1.82) is 0 Å². The predicted octanol–water partition coefficient (Wildman–Crippen LogP) is 4.82. The Morgan fingerprint density at radius 3 is 2.29 bits per heavy atom. The minimum atomic E-state index is -1.71. The molecule has 17 heavy (non-hydrogen) atoms. The molecule has 0 aliphatic carbocycles. The van der Waals surface area contributed by atoms with Gasteiger partial charge in [-0.25, -0.2) is 0 Å². The van der Waals surface area contributed by atoms with E-state index in [9.17, 15) is 0 Å². The standard InChI is InChI=1S/C15H25OSi/c1-7-8-13-9-11-14(12-10-13)16-17(5,6)15(2,3)4/h9-11H,7-8H2,1-6H3. The van der Waals surface area contributed by atoms with Crippen LogP contribution >= 0.6 is 0 Å². The summed E-state index contributed by atoms with van der Waals surface area (Å²) in [7, 11) is -1.71. The van der Waals surface area contributed by atoms with Crippen LogP contribution in [-0.2, 0) is 6.42 Å². The molecule has 1 radical (unpaired) electrons. The molecule has 0 aliphatic heterocycles. The van der Waals surface area contributed by atoms with Crippen LogP contribution in [0.25, 0.3) is 0 Å². The fourth-order valence-electron chi connectivity index (χ4n) is 1.38. The van der Waals surface area contributed by atoms with Crippen molar-refractivity contribution in [3.8, 4) is 5.75 Å². The van der Waals surface area contributed by atoms with E-state index < -0.39 is 8.32 Å². The van der Waals surface area contributed by atoms with Crippen LogP contribution in [0.1, 0.15) is 39.7 Å². The van der Waals surface area contributed by atoms with Crippen molar-refractivity contribution in [2.75, 3.05) is 0 Å². The van der Waals surface area contributed by atoms with Crippen LogP contribution in [-0.4, -0.2) is 8.32 Å². The first kappa shape index (κ1) is 14.3. The maximum Gasteiger partial charge on any atom is 0.250 e. The number of rotatable bonds is 4. The Hall–Kier alpha value is -0.763. The van der Waals surface area contributed by atoms with Gasteiger partial charge in [-0.05, 0) is 42.2 Å². The summed E-state index contributed by atoms with van der Waals surface area (Å²) < 4.78 is 6.18. The Kier molecular flexibility index (Phi) is 4.42. The van der Waals surface area contributed by atoms with Gasteiger partial charge in [-0.1, -0.05) is 40.2 Å². The molecule has 0 amide bonds. The fraction of sp³-hybridized carbons (Fsp3) is 0.600. The molecular formula is C15H25OSi. The topological polar surface area (TPSA) is 9.23 Å². The maximum atomic E-state index is 6.18. The molecule has 0 unspecified atom stereocenters. The quantitative estimate of drug-likeness (QED) is 0.695. The van der Waals surface area contributed by atoms with Crippen LogP contribution in [0.5, 0.6) is 5.75 Å². The minimum Gasteiger partial charge on any atom is -0.543 e. The summed E-state index contributed by atoms with van der Waals surface area (Å²) in [5.74, 6) is 0.899. The van der Waals surface area contributed by atoms with Gasteiger partial charge < -0.3 is 4.43 Å². The zero-order chi connectivity index (χ0) is 13.1. The third kappa shape index (κ3) is 3.88. The highest BCUT2D eigenvalue weighted by molar-refractivity contribution is 6.74. The highest BCUT2D eigenvalue weighted by Gasteiger charge is 2.38. The number of aryl methyl sites for hydroxylation is 1. The van der Waals surface area contributed by atoms with Crippen molar-refractivity contribution in [3.05, 3.63) is 29.8 Å². The predicted molar refractivity (Wildman–Crippen MR) is 77.1 cm³/mol. The summed E-state index contributed by atoms with van der Waals surface area (Å²) in [6, 6.07) is 9.54. The Bertz CT molecular complexity index is 346. The molecule has 0 saturated carbocycles. The Labute approximate surface area is 107 Å². The van der Waals surface area contributed by atoms with Crippen LogP contribution < -0.4 is 4.43 Å². The second-order valence-corrected chi connectivity index (χ2v) is 10.9. The van der Waals surface area contributed by atoms with E-state index in [0.717, 1.165) is 12.2 Å². The van der Waals surface area contributed by atoms with Gasteiger partial charge in [-0.2, -0.15) is 0 Å². The first-order valence-electron chi connectivity index (χ1n) is 6.46. The lowest BCUT2D eigenvalue weighted by Crippen LogP contribution is -2.43. The van der Waals surface area contributed by atoms with E-state index in [4.69, 9.17) is 4.43 Å². The van der Waals surface area contributed by atoms with Gasteiger partial charge in [-0.3, -0.25) is 0 Å². The van der Waals surface area contributed by atoms with Crippen molar-refractivity contribution in [2.45, 2.75) is 58.7 Å². The zero-order valence-corrected chi connectivity index (χ0v) is 13.1. The molecule has 0 aromatic heterocycles. The average Bonchev–Trinajstić information content (AvgIpc) is 2.19. The Balaban J connectivity index is 2.76. The summed E-state index contributed by atoms with van der Waals surface area (Å²) in [5.41, 5.74) is 1.34. The van der Waals surface area contributed by atoms with Gasteiger partial charge in [0.25, 0.3) is 8.32 Å². The van der Waals surface area contributed by atoms with E-state index in [-0.39, 0.29) is 5.04 Å². The van der Waals surface area contributed by atoms with E-state index in [2.05, 4.69) is 65.1 Å². The largest absolute Gasteiger partial charge is 0.543 e. The smallest absolute Gasteiger partial charge is 0.250 e. The molecule has 1 aromatic carbocycles. The van der Waals surface area contributed by atoms with Gasteiger partial charge in [-0.15, -0.1) is 0 Å². The summed E-state index contributed by atoms with van der Waals surface area (Å²) in [5, 5.41) is 0.239. The van der Waals surface area contributed by atoms with Crippen molar-refractivity contribution in [1.82, 2.24) is 0 Å². The molecule has 1 aromatic rings. The van der Waals surface area contributed by atoms with E-state index in [1.165, 1.54) is 12.0 Å². The minimum absolute atomic E-state index is 0.239. The highest BCUT2D eigenvalue weighted by Crippen LogP contribution is 2.37. The molecule has 0 fully saturated rings. The van der Waals surface area contributed by atoms with E-state index in [1.54, 1.807) is 0 Å². The van der Waals surface area contributed by atoms with Crippen LogP contribution in [0.2, 0.25) is 18.1 Å². The molecule has 1 nitrogen and oxygen atoms in total. The van der Waals surface area contributed by atoms with Crippen LogP contribution in [0.4, 0.5) is 0 Å². The molecule has 0 heterocycles. The molecule has 0 saturated heterocycles. The molecule has 0 aliphatic rings. The summed E-state index contributed by atoms with van der Waals surface area (Å²) in [6.07, 6.45) is 2.30. The van der Waals surface area contributed by atoms with Crippen molar-refractivity contribution in [3.63, 3.8) is 0 Å². The summed E-state index contributed by atoms with van der Waals surface area (Å²) in [4.78, 5) is 0. The van der Waals surface area contributed by atoms with Gasteiger partial charge in [0.1, 0.15) is 5.75 Å². The molecule has 0 N–H and O–H groups in total. The van der Waals surface area contributed by atoms with Gasteiger partial charge in [0.2, 0.25) is 0 Å². The van der Waals surface area contributed by atoms with Crippen LogP contribution in [0.15, 0.2) is 18.2 Å². The lowest BCUT2D eigenvalue weighted by atomic mass is 10.1. The highest BCUT2D eigenvalue weighted by atomic mass is 28.4. The average molecular weight is 249 g/mol. The first-order chi connectivity index (χ1) is 7.76. The van der Waals surface area contributed by atoms with Crippen molar-refractivity contribution < 1.29 is 4.43 Å². The molecule has 0 spiro atoms. The van der Waals surface area contributed by atoms with Gasteiger partial charge in [0, 0.05) is 6.07 Å². The lowest BCUT2D eigenvalue weighted by Gasteiger charge is -2.36. The van der Waals surface area contributed by atoms with Crippen molar-refractivity contribution in [2.24, 2.45) is 0 Å². The molecular weight excluding hydrogens is 224 g/mol. The molecule has 0 atom stereocenters. The molecule has 2 heteroatoms. The van der Waals surface area contributed by atoms with Gasteiger partial charge >= 0.3 is 0 Å². The number of hydrogen-bond donors (Lipinski definition) is 0. The molecule has 0 bridgehead atoms. The maximum absolute atomic E-state index is 6.18. The van der Waals surface area contributed by atoms with E-state index in [0.29, 0.717) is 0 Å². The van der Waals surface area contributed by atoms with E-state index >= 15 is 0 Å². The van der Waals surface area contributed by atoms with E-state index in [1.807, 2.05) is 0 Å². The molecule has 95 valence electrons. The molecule has 1 rings (SSSR count). The summed E-state index contributed by atoms with van der Waals surface area (Å²) in [6.45, 7) is 13.5. The number of hydrogen-bond acceptors (Lipinski definition) is 1. The van der Waals surface area contributed by atoms with Gasteiger partial charge in [0.05, 0.1) is 0 Å². The van der Waals surface area contributed by atoms with Crippen LogP contribution in [0.3, 0.4) is 0 Å². The normalized spacial score (nSPS) is 12.6. The first-order valence-corrected chi connectivity index (χ1v) is 9.37. The SMILES string of the molecule is CCCc1c[c]c(O[Si](C)(C)C(C)(C)C)cc1.